The molecule has 25 heavy (non-hydrogen) atoms. The summed E-state index contributed by atoms with van der Waals surface area (Å²) >= 11 is 0. The van der Waals surface area contributed by atoms with Gasteiger partial charge in [-0.25, -0.2) is 4.39 Å². The van der Waals surface area contributed by atoms with Crippen molar-refractivity contribution < 1.29 is 9.18 Å². The summed E-state index contributed by atoms with van der Waals surface area (Å²) in [5.74, 6) is -0.203. The van der Waals surface area contributed by atoms with Crippen LogP contribution in [0, 0.1) is 19.7 Å². The van der Waals surface area contributed by atoms with Crippen LogP contribution in [-0.2, 0) is 11.2 Å². The van der Waals surface area contributed by atoms with Crippen molar-refractivity contribution in [3.05, 3.63) is 53.1 Å². The Morgan fingerprint density at radius 1 is 1.32 bits per heavy atom. The van der Waals surface area contributed by atoms with E-state index in [1.807, 2.05) is 13.8 Å². The van der Waals surface area contributed by atoms with Crippen molar-refractivity contribution in [3.8, 4) is 0 Å². The number of likely N-dealkylation sites (tertiary alicyclic amines) is 1. The number of aromatic nitrogens is 2. The number of benzene rings is 1. The summed E-state index contributed by atoms with van der Waals surface area (Å²) in [6, 6.07) is 8.66. The molecule has 1 atom stereocenters. The van der Waals surface area contributed by atoms with E-state index in [9.17, 15) is 9.18 Å². The Morgan fingerprint density at radius 2 is 2.00 bits per heavy atom. The Kier molecular flexibility index (Phi) is 5.18. The van der Waals surface area contributed by atoms with Crippen molar-refractivity contribution >= 4 is 5.91 Å². The Bertz CT molecular complexity index is 734. The van der Waals surface area contributed by atoms with Crippen LogP contribution in [0.2, 0.25) is 0 Å². The zero-order valence-electron chi connectivity index (χ0n) is 15.0. The molecule has 5 nitrogen and oxygen atoms in total. The van der Waals surface area contributed by atoms with Crippen LogP contribution in [0.25, 0.3) is 0 Å². The lowest BCUT2D eigenvalue weighted by Crippen LogP contribution is -2.56. The molecule has 1 aliphatic rings. The maximum atomic E-state index is 12.9. The minimum atomic E-state index is -0.239. The first-order valence-electron chi connectivity index (χ1n) is 8.73. The van der Waals surface area contributed by atoms with Crippen molar-refractivity contribution in [2.75, 3.05) is 19.6 Å². The maximum Gasteiger partial charge on any atom is 0.237 e. The SMILES string of the molecule is Cc1cc(C)n(C2CN([C@H](C)C(=O)NCCc3ccc(F)cc3)C2)n1. The molecule has 1 N–H and O–H groups in total. The van der Waals surface area contributed by atoms with Gasteiger partial charge in [0.2, 0.25) is 5.91 Å². The third-order valence-corrected chi connectivity index (χ3v) is 4.83. The van der Waals surface area contributed by atoms with E-state index < -0.39 is 0 Å². The van der Waals surface area contributed by atoms with Gasteiger partial charge in [0.1, 0.15) is 5.82 Å². The van der Waals surface area contributed by atoms with Gasteiger partial charge in [-0.05, 0) is 51.0 Å². The van der Waals surface area contributed by atoms with E-state index in [0.717, 1.165) is 24.3 Å². The van der Waals surface area contributed by atoms with Crippen LogP contribution in [0.1, 0.15) is 29.9 Å². The monoisotopic (exact) mass is 344 g/mol. The zero-order valence-corrected chi connectivity index (χ0v) is 15.0. The van der Waals surface area contributed by atoms with Gasteiger partial charge in [0.05, 0.1) is 17.8 Å². The highest BCUT2D eigenvalue weighted by molar-refractivity contribution is 5.81. The second-order valence-corrected chi connectivity index (χ2v) is 6.82. The molecule has 134 valence electrons. The minimum absolute atomic E-state index is 0.0360. The lowest BCUT2D eigenvalue weighted by atomic mass is 10.1. The molecule has 1 aliphatic heterocycles. The molecule has 2 aromatic rings. The molecular formula is C19H25FN4O. The molecule has 0 spiro atoms. The van der Waals surface area contributed by atoms with Gasteiger partial charge in [-0.15, -0.1) is 0 Å². The van der Waals surface area contributed by atoms with E-state index in [1.54, 1.807) is 12.1 Å². The van der Waals surface area contributed by atoms with Gasteiger partial charge in [0.15, 0.2) is 0 Å². The number of aryl methyl sites for hydroxylation is 2. The second-order valence-electron chi connectivity index (χ2n) is 6.82. The van der Waals surface area contributed by atoms with Gasteiger partial charge in [0.25, 0.3) is 0 Å². The van der Waals surface area contributed by atoms with Crippen LogP contribution in [0.15, 0.2) is 30.3 Å². The topological polar surface area (TPSA) is 50.2 Å². The number of hydrogen-bond acceptors (Lipinski definition) is 3. The van der Waals surface area contributed by atoms with Crippen LogP contribution < -0.4 is 5.32 Å². The fraction of sp³-hybridized carbons (Fsp3) is 0.474. The fourth-order valence-corrected chi connectivity index (χ4v) is 3.27. The molecule has 1 fully saturated rings. The summed E-state index contributed by atoms with van der Waals surface area (Å²) < 4.78 is 14.9. The number of hydrogen-bond donors (Lipinski definition) is 1. The van der Waals surface area contributed by atoms with Crippen LogP contribution in [0.3, 0.4) is 0 Å². The van der Waals surface area contributed by atoms with E-state index in [0.29, 0.717) is 19.0 Å². The molecule has 0 saturated carbocycles. The molecule has 1 amide bonds. The molecule has 3 rings (SSSR count). The quantitative estimate of drug-likeness (QED) is 0.874. The predicted molar refractivity (Wildman–Crippen MR) is 94.9 cm³/mol. The molecule has 0 unspecified atom stereocenters. The Labute approximate surface area is 147 Å². The average molecular weight is 344 g/mol. The highest BCUT2D eigenvalue weighted by Crippen LogP contribution is 2.24. The molecule has 1 aromatic carbocycles. The van der Waals surface area contributed by atoms with E-state index in [1.165, 1.54) is 17.8 Å². The van der Waals surface area contributed by atoms with Crippen molar-refractivity contribution in [2.24, 2.45) is 0 Å². The third kappa shape index (κ3) is 4.07. The number of nitrogens with one attached hydrogen (secondary N) is 1. The molecule has 0 aliphatic carbocycles. The second kappa shape index (κ2) is 7.35. The minimum Gasteiger partial charge on any atom is -0.354 e. The molecular weight excluding hydrogens is 319 g/mol. The largest absolute Gasteiger partial charge is 0.354 e. The first-order chi connectivity index (χ1) is 11.9. The lowest BCUT2D eigenvalue weighted by molar-refractivity contribution is -0.128. The number of amides is 1. The molecule has 0 radical (unpaired) electrons. The van der Waals surface area contributed by atoms with Gasteiger partial charge in [-0.1, -0.05) is 12.1 Å². The Balaban J connectivity index is 1.42. The van der Waals surface area contributed by atoms with Crippen LogP contribution in [0.5, 0.6) is 0 Å². The molecule has 6 heteroatoms. The maximum absolute atomic E-state index is 12.9. The first kappa shape index (κ1) is 17.6. The number of rotatable bonds is 6. The number of carbonyl (C=O) groups is 1. The van der Waals surface area contributed by atoms with Crippen molar-refractivity contribution in [1.82, 2.24) is 20.0 Å². The normalized spacial score (nSPS) is 16.5. The number of nitrogens with zero attached hydrogens (tertiary/aromatic N) is 3. The molecule has 0 bridgehead atoms. The third-order valence-electron chi connectivity index (χ3n) is 4.83. The summed E-state index contributed by atoms with van der Waals surface area (Å²) in [7, 11) is 0. The van der Waals surface area contributed by atoms with E-state index in [-0.39, 0.29) is 17.8 Å². The summed E-state index contributed by atoms with van der Waals surface area (Å²) in [4.78, 5) is 14.5. The van der Waals surface area contributed by atoms with E-state index >= 15 is 0 Å². The number of halogens is 1. The highest BCUT2D eigenvalue weighted by Gasteiger charge is 2.35. The van der Waals surface area contributed by atoms with Crippen LogP contribution >= 0.6 is 0 Å². The summed E-state index contributed by atoms with van der Waals surface area (Å²) in [6.45, 7) is 8.24. The Hall–Kier alpha value is -2.21. The van der Waals surface area contributed by atoms with Crippen molar-refractivity contribution in [3.63, 3.8) is 0 Å². The van der Waals surface area contributed by atoms with Crippen LogP contribution in [0.4, 0.5) is 4.39 Å². The van der Waals surface area contributed by atoms with Crippen molar-refractivity contribution in [1.29, 1.82) is 0 Å². The lowest BCUT2D eigenvalue weighted by Gasteiger charge is -2.42. The number of carbonyl (C=O) groups excluding carboxylic acids is 1. The highest BCUT2D eigenvalue weighted by atomic mass is 19.1. The van der Waals surface area contributed by atoms with Gasteiger partial charge < -0.3 is 5.32 Å². The standard InChI is InChI=1S/C19H25FN4O/c1-13-10-14(2)24(22-13)18-11-23(12-18)15(3)19(25)21-9-8-16-4-6-17(20)7-5-16/h4-7,10,15,18H,8-9,11-12H2,1-3H3,(H,21,25)/t15-/m1/s1. The van der Waals surface area contributed by atoms with Crippen LogP contribution in [-0.4, -0.2) is 46.3 Å². The molecule has 1 aromatic heterocycles. The Morgan fingerprint density at radius 3 is 2.60 bits per heavy atom. The fourth-order valence-electron chi connectivity index (χ4n) is 3.27. The predicted octanol–water partition coefficient (Wildman–Crippen LogP) is 2.24. The summed E-state index contributed by atoms with van der Waals surface area (Å²) in [6.07, 6.45) is 0.702. The zero-order chi connectivity index (χ0) is 18.0. The van der Waals surface area contributed by atoms with Crippen molar-refractivity contribution in [2.45, 2.75) is 39.3 Å². The molecule has 2 heterocycles. The van der Waals surface area contributed by atoms with Gasteiger partial charge in [0, 0.05) is 25.3 Å². The average Bonchev–Trinajstić information content (AvgIpc) is 2.86. The summed E-state index contributed by atoms with van der Waals surface area (Å²) in [5, 5.41) is 7.49. The summed E-state index contributed by atoms with van der Waals surface area (Å²) in [5.41, 5.74) is 3.21. The first-order valence-corrected chi connectivity index (χ1v) is 8.73. The molecule has 1 saturated heterocycles. The van der Waals surface area contributed by atoms with Gasteiger partial charge in [-0.2, -0.15) is 5.10 Å². The van der Waals surface area contributed by atoms with Gasteiger partial charge >= 0.3 is 0 Å². The smallest absolute Gasteiger partial charge is 0.237 e. The van der Waals surface area contributed by atoms with E-state index in [4.69, 9.17) is 0 Å². The van der Waals surface area contributed by atoms with Gasteiger partial charge in [-0.3, -0.25) is 14.4 Å². The van der Waals surface area contributed by atoms with E-state index in [2.05, 4.69) is 33.0 Å².